The number of aryl methyl sites for hydroxylation is 1. The van der Waals surface area contributed by atoms with Gasteiger partial charge in [-0.15, -0.1) is 0 Å². The molecule has 1 atom stereocenters. The molecule has 0 unspecified atom stereocenters. The van der Waals surface area contributed by atoms with Crippen LogP contribution in [0.25, 0.3) is 0 Å². The number of carbonyl (C=O) groups excluding carboxylic acids is 1. The molecule has 0 fully saturated rings. The lowest BCUT2D eigenvalue weighted by Crippen LogP contribution is -2.42. The summed E-state index contributed by atoms with van der Waals surface area (Å²) in [5.41, 5.74) is 2.87. The minimum atomic E-state index is -3.24. The van der Waals surface area contributed by atoms with E-state index < -0.39 is 25.5 Å². The lowest BCUT2D eigenvalue weighted by Gasteiger charge is -2.17. The second-order valence-corrected chi connectivity index (χ2v) is 8.91. The topological polar surface area (TPSA) is 102 Å². The van der Waals surface area contributed by atoms with Gasteiger partial charge < -0.3 is 19.5 Å². The first kappa shape index (κ1) is 23.8. The second-order valence-electron chi connectivity index (χ2n) is 6.86. The maximum atomic E-state index is 12.6. The molecule has 1 amide bonds. The molecule has 0 heterocycles. The molecule has 30 heavy (non-hydrogen) atoms. The fraction of sp³-hybridized carbons (Fsp3) is 0.364. The third kappa shape index (κ3) is 7.10. The van der Waals surface area contributed by atoms with Crippen molar-refractivity contribution in [2.75, 3.05) is 13.2 Å². The molecule has 0 radical (unpaired) electrons. The van der Waals surface area contributed by atoms with Crippen LogP contribution in [-0.2, 0) is 31.0 Å². The summed E-state index contributed by atoms with van der Waals surface area (Å²) in [6.45, 7) is 5.96. The van der Waals surface area contributed by atoms with E-state index in [1.165, 1.54) is 0 Å². The standard InChI is InChI=1S/C22H28NO6P/c1-4-28-30(27,29-5-2)15-17-9-11-19(12-10-17)21(24)23-20(22(25)26)14-18-8-6-7-16(3)13-18/h6-13,20H,4-5,14-15H2,1-3H3,(H,23,24)(H,25,26)/t20-/m0/s1. The summed E-state index contributed by atoms with van der Waals surface area (Å²) in [6.07, 6.45) is 0.286. The van der Waals surface area contributed by atoms with Gasteiger partial charge in [-0.05, 0) is 44.0 Å². The molecule has 7 nitrogen and oxygen atoms in total. The van der Waals surface area contributed by atoms with Crippen LogP contribution >= 0.6 is 7.60 Å². The van der Waals surface area contributed by atoms with E-state index in [0.717, 1.165) is 11.1 Å². The van der Waals surface area contributed by atoms with E-state index in [0.29, 0.717) is 11.1 Å². The second kappa shape index (κ2) is 11.1. The van der Waals surface area contributed by atoms with Gasteiger partial charge in [-0.2, -0.15) is 0 Å². The van der Waals surface area contributed by atoms with Crippen LogP contribution in [0.2, 0.25) is 0 Å². The Hall–Kier alpha value is -2.47. The van der Waals surface area contributed by atoms with Crippen LogP contribution in [0.4, 0.5) is 0 Å². The highest BCUT2D eigenvalue weighted by atomic mass is 31.2. The van der Waals surface area contributed by atoms with Gasteiger partial charge in [0, 0.05) is 12.0 Å². The molecule has 2 rings (SSSR count). The van der Waals surface area contributed by atoms with Gasteiger partial charge in [-0.25, -0.2) is 4.79 Å². The zero-order chi connectivity index (χ0) is 22.1. The van der Waals surface area contributed by atoms with Crippen molar-refractivity contribution in [1.29, 1.82) is 0 Å². The van der Waals surface area contributed by atoms with Crippen molar-refractivity contribution >= 4 is 19.5 Å². The Kier molecular flexibility index (Phi) is 8.78. The number of carboxylic acid groups (broad SMARTS) is 1. The zero-order valence-corrected chi connectivity index (χ0v) is 18.4. The number of carboxylic acids is 1. The monoisotopic (exact) mass is 433 g/mol. The maximum Gasteiger partial charge on any atom is 0.335 e. The highest BCUT2D eigenvalue weighted by Gasteiger charge is 2.25. The van der Waals surface area contributed by atoms with Gasteiger partial charge in [-0.3, -0.25) is 9.36 Å². The lowest BCUT2D eigenvalue weighted by atomic mass is 10.0. The first-order chi connectivity index (χ1) is 14.3. The summed E-state index contributed by atoms with van der Waals surface area (Å²) in [5.74, 6) is -1.59. The Morgan fingerprint density at radius 3 is 2.20 bits per heavy atom. The molecule has 2 aromatic carbocycles. The van der Waals surface area contributed by atoms with Crippen LogP contribution in [0.1, 0.15) is 40.9 Å². The Morgan fingerprint density at radius 2 is 1.67 bits per heavy atom. The minimum absolute atomic E-state index is 0.0989. The van der Waals surface area contributed by atoms with Gasteiger partial charge in [0.15, 0.2) is 0 Å². The first-order valence-corrected chi connectivity index (χ1v) is 11.6. The minimum Gasteiger partial charge on any atom is -0.480 e. The average Bonchev–Trinajstić information content (AvgIpc) is 2.68. The normalized spacial score (nSPS) is 12.4. The van der Waals surface area contributed by atoms with Gasteiger partial charge in [0.1, 0.15) is 6.04 Å². The summed E-state index contributed by atoms with van der Waals surface area (Å²) >= 11 is 0. The quantitative estimate of drug-likeness (QED) is 0.516. The molecule has 162 valence electrons. The predicted octanol–water partition coefficient (Wildman–Crippen LogP) is 4.19. The number of carbonyl (C=O) groups is 2. The summed E-state index contributed by atoms with van der Waals surface area (Å²) in [5, 5.41) is 12.1. The van der Waals surface area contributed by atoms with Crippen molar-refractivity contribution < 1.29 is 28.3 Å². The molecular weight excluding hydrogens is 405 g/mol. The zero-order valence-electron chi connectivity index (χ0n) is 17.5. The fourth-order valence-electron chi connectivity index (χ4n) is 3.02. The maximum absolute atomic E-state index is 12.6. The van der Waals surface area contributed by atoms with Gasteiger partial charge in [0.2, 0.25) is 0 Å². The van der Waals surface area contributed by atoms with Crippen LogP contribution in [0, 0.1) is 6.92 Å². The Bertz CT molecular complexity index is 902. The number of aliphatic carboxylic acids is 1. The highest BCUT2D eigenvalue weighted by Crippen LogP contribution is 2.51. The van der Waals surface area contributed by atoms with E-state index in [2.05, 4.69) is 5.32 Å². The molecule has 0 saturated carbocycles. The van der Waals surface area contributed by atoms with Crippen molar-refractivity contribution in [2.24, 2.45) is 0 Å². The molecule has 0 spiro atoms. The van der Waals surface area contributed by atoms with Crippen molar-refractivity contribution in [3.63, 3.8) is 0 Å². The van der Waals surface area contributed by atoms with Crippen molar-refractivity contribution in [1.82, 2.24) is 5.32 Å². The molecule has 0 aromatic heterocycles. The van der Waals surface area contributed by atoms with Crippen LogP contribution in [0.15, 0.2) is 48.5 Å². The Labute approximate surface area is 176 Å². The van der Waals surface area contributed by atoms with E-state index in [-0.39, 0.29) is 25.8 Å². The molecule has 0 saturated heterocycles. The summed E-state index contributed by atoms with van der Waals surface area (Å²) < 4.78 is 23.2. The van der Waals surface area contributed by atoms with Gasteiger partial charge >= 0.3 is 13.6 Å². The van der Waals surface area contributed by atoms with E-state index >= 15 is 0 Å². The number of nitrogens with one attached hydrogen (secondary N) is 1. The number of benzene rings is 2. The van der Waals surface area contributed by atoms with E-state index in [4.69, 9.17) is 9.05 Å². The third-order valence-corrected chi connectivity index (χ3v) is 6.43. The number of hydrogen-bond donors (Lipinski definition) is 2. The van der Waals surface area contributed by atoms with E-state index in [9.17, 15) is 19.3 Å². The SMILES string of the molecule is CCOP(=O)(Cc1ccc(C(=O)N[C@@H](Cc2cccc(C)c2)C(=O)O)cc1)OCC. The summed E-state index contributed by atoms with van der Waals surface area (Å²) in [7, 11) is -3.24. The largest absolute Gasteiger partial charge is 0.480 e. The van der Waals surface area contributed by atoms with Crippen molar-refractivity contribution in [3.05, 3.63) is 70.8 Å². The predicted molar refractivity (Wildman–Crippen MR) is 115 cm³/mol. The van der Waals surface area contributed by atoms with Crippen LogP contribution < -0.4 is 5.32 Å². The van der Waals surface area contributed by atoms with Gasteiger partial charge in [-0.1, -0.05) is 42.0 Å². The van der Waals surface area contributed by atoms with Crippen LogP contribution in [0.5, 0.6) is 0 Å². The number of rotatable bonds is 11. The molecule has 0 aliphatic carbocycles. The van der Waals surface area contributed by atoms with Crippen molar-refractivity contribution in [3.8, 4) is 0 Å². The van der Waals surface area contributed by atoms with Gasteiger partial charge in [0.05, 0.1) is 19.4 Å². The molecule has 0 bridgehead atoms. The smallest absolute Gasteiger partial charge is 0.335 e. The van der Waals surface area contributed by atoms with E-state index in [1.54, 1.807) is 38.1 Å². The molecule has 0 aliphatic heterocycles. The van der Waals surface area contributed by atoms with E-state index in [1.807, 2.05) is 31.2 Å². The van der Waals surface area contributed by atoms with Crippen molar-refractivity contribution in [2.45, 2.75) is 39.4 Å². The summed E-state index contributed by atoms with van der Waals surface area (Å²) in [4.78, 5) is 24.2. The Morgan fingerprint density at radius 1 is 1.03 bits per heavy atom. The molecular formula is C22H28NO6P. The molecule has 0 aliphatic rings. The lowest BCUT2D eigenvalue weighted by molar-refractivity contribution is -0.139. The number of amides is 1. The number of hydrogen-bond acceptors (Lipinski definition) is 5. The fourth-order valence-corrected chi connectivity index (χ4v) is 4.73. The summed E-state index contributed by atoms with van der Waals surface area (Å²) in [6, 6.07) is 12.9. The average molecular weight is 433 g/mol. The molecule has 8 heteroatoms. The van der Waals surface area contributed by atoms with Gasteiger partial charge in [0.25, 0.3) is 5.91 Å². The first-order valence-electron chi connectivity index (χ1n) is 9.82. The molecule has 2 N–H and O–H groups in total. The Balaban J connectivity index is 2.06. The highest BCUT2D eigenvalue weighted by molar-refractivity contribution is 7.53. The third-order valence-electron chi connectivity index (χ3n) is 4.37. The van der Waals surface area contributed by atoms with Crippen LogP contribution in [-0.4, -0.2) is 36.2 Å². The van der Waals surface area contributed by atoms with Crippen LogP contribution in [0.3, 0.4) is 0 Å². The molecule has 2 aromatic rings.